The summed E-state index contributed by atoms with van der Waals surface area (Å²) >= 11 is 0. The van der Waals surface area contributed by atoms with Crippen LogP contribution in [0.25, 0.3) is 0 Å². The Morgan fingerprint density at radius 3 is 2.79 bits per heavy atom. The monoisotopic (exact) mass is 525 g/mol. The number of hydrogen-bond donors (Lipinski definition) is 1. The molecule has 204 valence electrons. The lowest BCUT2D eigenvalue weighted by molar-refractivity contribution is -0.135. The fourth-order valence-corrected chi connectivity index (χ4v) is 8.30. The lowest BCUT2D eigenvalue weighted by Crippen LogP contribution is -2.44. The van der Waals surface area contributed by atoms with Crippen LogP contribution in [0, 0.1) is 34.5 Å². The van der Waals surface area contributed by atoms with Gasteiger partial charge < -0.3 is 15.0 Å². The van der Waals surface area contributed by atoms with Crippen LogP contribution in [0.2, 0.25) is 0 Å². The number of rotatable bonds is 6. The van der Waals surface area contributed by atoms with Crippen molar-refractivity contribution in [3.63, 3.8) is 0 Å². The summed E-state index contributed by atoms with van der Waals surface area (Å²) in [6.45, 7) is 4.93. The Hall–Kier alpha value is -3.17. The van der Waals surface area contributed by atoms with Crippen molar-refractivity contribution in [2.75, 3.05) is 31.6 Å². The minimum absolute atomic E-state index is 0.204. The molecule has 2 aromatic carbocycles. The number of hydrogen-bond acceptors (Lipinski definition) is 5. The summed E-state index contributed by atoms with van der Waals surface area (Å²) in [5.41, 5.74) is 5.31. The summed E-state index contributed by atoms with van der Waals surface area (Å²) in [4.78, 5) is 28.0. The van der Waals surface area contributed by atoms with E-state index in [9.17, 15) is 14.9 Å². The van der Waals surface area contributed by atoms with Gasteiger partial charge in [0.15, 0.2) is 0 Å². The van der Waals surface area contributed by atoms with Gasteiger partial charge in [-0.15, -0.1) is 0 Å². The zero-order chi connectivity index (χ0) is 27.0. The molecule has 1 amide bonds. The van der Waals surface area contributed by atoms with Gasteiger partial charge in [0.2, 0.25) is 5.91 Å². The Kier molecular flexibility index (Phi) is 7.20. The molecular weight excluding hydrogens is 486 g/mol. The van der Waals surface area contributed by atoms with E-state index in [1.54, 1.807) is 0 Å². The summed E-state index contributed by atoms with van der Waals surface area (Å²) in [7, 11) is 0. The fourth-order valence-electron chi connectivity index (χ4n) is 8.30. The first-order valence-corrected chi connectivity index (χ1v) is 14.7. The molecule has 1 saturated heterocycles. The summed E-state index contributed by atoms with van der Waals surface area (Å²) < 4.78 is 5.39. The van der Waals surface area contributed by atoms with E-state index in [-0.39, 0.29) is 11.3 Å². The number of nitriles is 1. The number of fused-ring (bicyclic) bond motifs is 5. The van der Waals surface area contributed by atoms with Crippen LogP contribution in [0.1, 0.15) is 74.5 Å². The molecule has 1 N–H and O–H groups in total. The third-order valence-electron chi connectivity index (χ3n) is 10.2. The van der Waals surface area contributed by atoms with Crippen molar-refractivity contribution in [3.05, 3.63) is 59.2 Å². The highest BCUT2D eigenvalue weighted by molar-refractivity contribution is 5.87. The van der Waals surface area contributed by atoms with E-state index >= 15 is 0 Å². The fraction of sp³-hybridized carbons (Fsp3) is 0.545. The predicted molar refractivity (Wildman–Crippen MR) is 151 cm³/mol. The van der Waals surface area contributed by atoms with E-state index in [1.807, 2.05) is 29.2 Å². The molecule has 2 aromatic rings. The summed E-state index contributed by atoms with van der Waals surface area (Å²) in [5.74, 6) is 2.55. The van der Waals surface area contributed by atoms with Gasteiger partial charge in [-0.3, -0.25) is 9.59 Å². The summed E-state index contributed by atoms with van der Waals surface area (Å²) in [6.07, 6.45) is 7.33. The number of ether oxygens (including phenoxy) is 1. The van der Waals surface area contributed by atoms with Crippen LogP contribution in [-0.4, -0.2) is 42.9 Å². The summed E-state index contributed by atoms with van der Waals surface area (Å²) in [6, 6.07) is 16.6. The van der Waals surface area contributed by atoms with Crippen LogP contribution in [0.4, 0.5) is 11.4 Å². The molecule has 0 unspecified atom stereocenters. The van der Waals surface area contributed by atoms with Gasteiger partial charge in [-0.2, -0.15) is 5.26 Å². The largest absolute Gasteiger partial charge is 0.378 e. The van der Waals surface area contributed by atoms with Gasteiger partial charge in [0, 0.05) is 42.7 Å². The third-order valence-corrected chi connectivity index (χ3v) is 10.2. The quantitative estimate of drug-likeness (QED) is 0.502. The number of carbonyl (C=O) groups excluding carboxylic acids is 2. The van der Waals surface area contributed by atoms with Gasteiger partial charge >= 0.3 is 0 Å². The van der Waals surface area contributed by atoms with Crippen molar-refractivity contribution in [3.8, 4) is 6.07 Å². The zero-order valence-electron chi connectivity index (χ0n) is 23.0. The van der Waals surface area contributed by atoms with Crippen molar-refractivity contribution in [1.29, 1.82) is 5.26 Å². The number of carbonyl (C=O) groups is 2. The molecule has 3 aliphatic carbocycles. The smallest absolute Gasteiger partial charge is 0.222 e. The van der Waals surface area contributed by atoms with E-state index in [0.717, 1.165) is 49.9 Å². The number of benzene rings is 2. The highest BCUT2D eigenvalue weighted by Gasteiger charge is 2.58. The molecule has 0 aromatic heterocycles. The maximum atomic E-state index is 13.4. The van der Waals surface area contributed by atoms with Gasteiger partial charge in [-0.05, 0) is 104 Å². The first kappa shape index (κ1) is 26.1. The van der Waals surface area contributed by atoms with Gasteiger partial charge in [0.1, 0.15) is 5.78 Å². The second-order valence-electron chi connectivity index (χ2n) is 12.3. The second kappa shape index (κ2) is 10.8. The van der Waals surface area contributed by atoms with Gasteiger partial charge in [-0.1, -0.05) is 19.1 Å². The van der Waals surface area contributed by atoms with E-state index in [2.05, 4.69) is 36.5 Å². The van der Waals surface area contributed by atoms with Crippen LogP contribution in [-0.2, 0) is 20.7 Å². The normalized spacial score (nSPS) is 29.6. The number of amides is 1. The predicted octanol–water partition coefficient (Wildman–Crippen LogP) is 5.98. The highest BCUT2D eigenvalue weighted by Crippen LogP contribution is 2.62. The number of aryl methyl sites for hydroxylation is 1. The lowest BCUT2D eigenvalue weighted by atomic mass is 9.54. The maximum Gasteiger partial charge on any atom is 0.222 e. The maximum absolute atomic E-state index is 13.4. The molecule has 2 saturated carbocycles. The number of nitrogens with one attached hydrogen (secondary N) is 1. The Labute approximate surface area is 231 Å². The molecule has 1 aliphatic heterocycles. The van der Waals surface area contributed by atoms with Crippen molar-refractivity contribution in [2.24, 2.45) is 23.2 Å². The minimum atomic E-state index is -0.204. The van der Waals surface area contributed by atoms with Crippen molar-refractivity contribution in [2.45, 2.75) is 64.2 Å². The first-order valence-electron chi connectivity index (χ1n) is 14.7. The lowest BCUT2D eigenvalue weighted by Gasteiger charge is -2.50. The van der Waals surface area contributed by atoms with E-state index in [1.165, 1.54) is 11.1 Å². The zero-order valence-corrected chi connectivity index (χ0v) is 23.0. The third kappa shape index (κ3) is 4.98. The molecule has 6 nitrogen and oxygen atoms in total. The Morgan fingerprint density at radius 2 is 1.97 bits per heavy atom. The standard InChI is InChI=1S/C33H39N3O3/c1-33-13-12-28-27-11-9-26(35-25-6-2-4-22(18-25)21-34)19-23(27)8-10-29(28)32(33)24(20-30(33)37)5-3-7-31(38)36-14-16-39-17-15-36/h2,4,6,9,11,18-19,24,28-29,32,35H,3,5,7-8,10,12-17,20H2,1H3/t24-,28+,29+,32-,33+/m0/s1. The molecule has 3 fully saturated rings. The summed E-state index contributed by atoms with van der Waals surface area (Å²) in [5, 5.41) is 12.7. The van der Waals surface area contributed by atoms with Crippen molar-refractivity contribution < 1.29 is 14.3 Å². The average molecular weight is 526 g/mol. The molecule has 0 radical (unpaired) electrons. The molecule has 1 heterocycles. The average Bonchev–Trinajstić information content (AvgIpc) is 3.22. The van der Waals surface area contributed by atoms with Crippen LogP contribution < -0.4 is 5.32 Å². The number of Topliss-reactive ketones (excluding diaryl/α,β-unsaturated/α-hetero) is 1. The molecular formula is C33H39N3O3. The molecule has 5 atom stereocenters. The molecule has 6 heteroatoms. The highest BCUT2D eigenvalue weighted by atomic mass is 16.5. The molecule has 39 heavy (non-hydrogen) atoms. The van der Waals surface area contributed by atoms with Crippen LogP contribution in [0.15, 0.2) is 42.5 Å². The first-order chi connectivity index (χ1) is 19.0. The molecule has 4 aliphatic rings. The number of nitrogens with zero attached hydrogens (tertiary/aromatic N) is 2. The topological polar surface area (TPSA) is 82.4 Å². The number of morpholine rings is 1. The minimum Gasteiger partial charge on any atom is -0.378 e. The molecule has 0 bridgehead atoms. The van der Waals surface area contributed by atoms with E-state index < -0.39 is 0 Å². The van der Waals surface area contributed by atoms with E-state index in [0.29, 0.717) is 74.2 Å². The number of ketones is 1. The molecule has 6 rings (SSSR count). The van der Waals surface area contributed by atoms with Crippen LogP contribution >= 0.6 is 0 Å². The Balaban J connectivity index is 1.15. The van der Waals surface area contributed by atoms with Gasteiger partial charge in [-0.25, -0.2) is 0 Å². The van der Waals surface area contributed by atoms with Crippen molar-refractivity contribution >= 4 is 23.1 Å². The van der Waals surface area contributed by atoms with Gasteiger partial charge in [0.05, 0.1) is 24.8 Å². The molecule has 0 spiro atoms. The van der Waals surface area contributed by atoms with Crippen LogP contribution in [0.3, 0.4) is 0 Å². The van der Waals surface area contributed by atoms with Gasteiger partial charge in [0.25, 0.3) is 0 Å². The van der Waals surface area contributed by atoms with E-state index in [4.69, 9.17) is 4.74 Å². The second-order valence-corrected chi connectivity index (χ2v) is 12.3. The number of anilines is 2. The van der Waals surface area contributed by atoms with Crippen LogP contribution in [0.5, 0.6) is 0 Å². The Morgan fingerprint density at radius 1 is 1.15 bits per heavy atom. The van der Waals surface area contributed by atoms with Crippen molar-refractivity contribution in [1.82, 2.24) is 4.90 Å². The Bertz CT molecular complexity index is 1290. The SMILES string of the molecule is C[C@]12CC[C@@H]3c4ccc(Nc5cccc(C#N)c5)cc4CC[C@H]3[C@@H]1[C@@H](CCCC(=O)N1CCOCC1)CC2=O.